The molecule has 4 heteroatoms. The van der Waals surface area contributed by atoms with Crippen LogP contribution in [0.2, 0.25) is 0 Å². The molecule has 0 spiro atoms. The number of hydrogen-bond donors (Lipinski definition) is 1. The molecule has 3 rings (SSSR count). The maximum absolute atomic E-state index is 13.0. The van der Waals surface area contributed by atoms with Crippen molar-refractivity contribution in [3.8, 4) is 0 Å². The maximum atomic E-state index is 13.0. The highest BCUT2D eigenvalue weighted by Crippen LogP contribution is 2.31. The Morgan fingerprint density at radius 3 is 2.64 bits per heavy atom. The number of amides is 1. The first kappa shape index (κ1) is 15.5. The van der Waals surface area contributed by atoms with Crippen LogP contribution in [0.5, 0.6) is 0 Å². The van der Waals surface area contributed by atoms with Crippen LogP contribution in [-0.2, 0) is 11.3 Å². The molecule has 1 heterocycles. The van der Waals surface area contributed by atoms with Crippen molar-refractivity contribution in [1.29, 1.82) is 0 Å². The van der Waals surface area contributed by atoms with Crippen molar-refractivity contribution in [2.45, 2.75) is 45.2 Å². The number of carbonyl (C=O) groups excluding carboxylic acids is 1. The van der Waals surface area contributed by atoms with E-state index in [1.54, 1.807) is 12.1 Å². The zero-order valence-corrected chi connectivity index (χ0v) is 13.2. The van der Waals surface area contributed by atoms with Crippen LogP contribution in [0, 0.1) is 17.7 Å². The van der Waals surface area contributed by atoms with Gasteiger partial charge in [-0.1, -0.05) is 12.1 Å². The van der Waals surface area contributed by atoms with Crippen molar-refractivity contribution in [3.05, 3.63) is 35.6 Å². The van der Waals surface area contributed by atoms with Crippen molar-refractivity contribution in [3.63, 3.8) is 0 Å². The number of rotatable bonds is 5. The predicted octanol–water partition coefficient (Wildman–Crippen LogP) is 2.95. The van der Waals surface area contributed by atoms with Crippen molar-refractivity contribution in [1.82, 2.24) is 10.2 Å². The normalized spacial score (nSPS) is 25.0. The molecule has 1 N–H and O–H groups in total. The molecule has 1 amide bonds. The molecule has 2 atom stereocenters. The van der Waals surface area contributed by atoms with Gasteiger partial charge in [0, 0.05) is 25.0 Å². The van der Waals surface area contributed by atoms with Crippen molar-refractivity contribution < 1.29 is 9.18 Å². The van der Waals surface area contributed by atoms with E-state index in [1.807, 2.05) is 4.90 Å². The monoisotopic (exact) mass is 304 g/mol. The molecule has 3 nitrogen and oxygen atoms in total. The van der Waals surface area contributed by atoms with Gasteiger partial charge in [0.05, 0.1) is 0 Å². The molecule has 0 bridgehead atoms. The summed E-state index contributed by atoms with van der Waals surface area (Å²) in [5.41, 5.74) is 1.01. The summed E-state index contributed by atoms with van der Waals surface area (Å²) < 4.78 is 13.0. The van der Waals surface area contributed by atoms with Crippen molar-refractivity contribution in [2.24, 2.45) is 11.8 Å². The lowest BCUT2D eigenvalue weighted by Gasteiger charge is -2.32. The zero-order chi connectivity index (χ0) is 15.5. The second-order valence-electron chi connectivity index (χ2n) is 6.87. The lowest BCUT2D eigenvalue weighted by atomic mass is 9.91. The van der Waals surface area contributed by atoms with Gasteiger partial charge in [0.1, 0.15) is 5.82 Å². The molecular weight excluding hydrogens is 279 g/mol. The first-order chi connectivity index (χ1) is 10.6. The Morgan fingerprint density at radius 1 is 1.27 bits per heavy atom. The molecule has 1 aliphatic carbocycles. The number of piperidine rings is 1. The second kappa shape index (κ2) is 6.78. The molecule has 22 heavy (non-hydrogen) atoms. The van der Waals surface area contributed by atoms with E-state index < -0.39 is 0 Å². The summed E-state index contributed by atoms with van der Waals surface area (Å²) in [6.45, 7) is 4.53. The fourth-order valence-electron chi connectivity index (χ4n) is 3.27. The summed E-state index contributed by atoms with van der Waals surface area (Å²) in [6.07, 6.45) is 4.31. The third-order valence-electron chi connectivity index (χ3n) is 4.75. The predicted molar refractivity (Wildman–Crippen MR) is 84.7 cm³/mol. The minimum Gasteiger partial charge on any atom is -0.338 e. The molecule has 1 saturated carbocycles. The molecule has 1 saturated heterocycles. The van der Waals surface area contributed by atoms with Crippen LogP contribution in [0.25, 0.3) is 0 Å². The van der Waals surface area contributed by atoms with Gasteiger partial charge in [-0.2, -0.15) is 0 Å². The molecule has 1 aromatic rings. The van der Waals surface area contributed by atoms with Crippen LogP contribution < -0.4 is 5.32 Å². The first-order valence-corrected chi connectivity index (χ1v) is 8.38. The molecule has 1 aliphatic heterocycles. The number of nitrogens with one attached hydrogen (secondary N) is 1. The van der Waals surface area contributed by atoms with Gasteiger partial charge < -0.3 is 10.2 Å². The topological polar surface area (TPSA) is 32.3 Å². The fraction of sp³-hybridized carbons (Fsp3) is 0.611. The summed E-state index contributed by atoms with van der Waals surface area (Å²) in [7, 11) is 0. The number of hydrogen-bond acceptors (Lipinski definition) is 2. The average Bonchev–Trinajstić information content (AvgIpc) is 3.32. The Hall–Kier alpha value is -1.42. The van der Waals surface area contributed by atoms with E-state index >= 15 is 0 Å². The van der Waals surface area contributed by atoms with Crippen LogP contribution >= 0.6 is 0 Å². The Kier molecular flexibility index (Phi) is 4.77. The first-order valence-electron chi connectivity index (χ1n) is 8.38. The molecule has 2 aliphatic rings. The second-order valence-corrected chi connectivity index (χ2v) is 6.87. The minimum atomic E-state index is -0.226. The van der Waals surface area contributed by atoms with Crippen LogP contribution in [0.3, 0.4) is 0 Å². The molecule has 2 fully saturated rings. The standard InChI is InChI=1S/C18H25FN2O/c1-13-10-16(8-9-20-13)18(22)21(11-14-2-3-14)12-15-4-6-17(19)7-5-15/h4-7,13-14,16,20H,2-3,8-12H2,1H3/t13-,16-/m0/s1. The highest BCUT2D eigenvalue weighted by Gasteiger charge is 2.32. The van der Waals surface area contributed by atoms with E-state index in [0.29, 0.717) is 18.5 Å². The van der Waals surface area contributed by atoms with Crippen LogP contribution in [-0.4, -0.2) is 29.9 Å². The maximum Gasteiger partial charge on any atom is 0.226 e. The lowest BCUT2D eigenvalue weighted by molar-refractivity contribution is -0.137. The van der Waals surface area contributed by atoms with E-state index in [9.17, 15) is 9.18 Å². The quantitative estimate of drug-likeness (QED) is 0.907. The van der Waals surface area contributed by atoms with Crippen LogP contribution in [0.1, 0.15) is 38.2 Å². The molecule has 120 valence electrons. The highest BCUT2D eigenvalue weighted by molar-refractivity contribution is 5.79. The largest absolute Gasteiger partial charge is 0.338 e. The molecule has 0 radical (unpaired) electrons. The van der Waals surface area contributed by atoms with E-state index in [0.717, 1.165) is 31.5 Å². The summed E-state index contributed by atoms with van der Waals surface area (Å²) >= 11 is 0. The number of benzene rings is 1. The smallest absolute Gasteiger partial charge is 0.226 e. The highest BCUT2D eigenvalue weighted by atomic mass is 19.1. The van der Waals surface area contributed by atoms with Crippen molar-refractivity contribution >= 4 is 5.91 Å². The van der Waals surface area contributed by atoms with Crippen molar-refractivity contribution in [2.75, 3.05) is 13.1 Å². The average molecular weight is 304 g/mol. The molecular formula is C18H25FN2O. The third kappa shape index (κ3) is 4.07. The van der Waals surface area contributed by atoms with Gasteiger partial charge in [0.25, 0.3) is 0 Å². The Labute approximate surface area is 131 Å². The van der Waals surface area contributed by atoms with Gasteiger partial charge in [0.2, 0.25) is 5.91 Å². The van der Waals surface area contributed by atoms with E-state index in [-0.39, 0.29) is 17.6 Å². The summed E-state index contributed by atoms with van der Waals surface area (Å²) in [5, 5.41) is 3.40. The van der Waals surface area contributed by atoms with Gasteiger partial charge in [0.15, 0.2) is 0 Å². The Morgan fingerprint density at radius 2 is 2.00 bits per heavy atom. The number of nitrogens with zero attached hydrogens (tertiary/aromatic N) is 1. The van der Waals surface area contributed by atoms with Gasteiger partial charge in [-0.3, -0.25) is 4.79 Å². The molecule has 0 aromatic heterocycles. The Bertz CT molecular complexity index is 512. The molecule has 0 unspecified atom stereocenters. The van der Waals surface area contributed by atoms with E-state index in [4.69, 9.17) is 0 Å². The van der Waals surface area contributed by atoms with Crippen LogP contribution in [0.4, 0.5) is 4.39 Å². The zero-order valence-electron chi connectivity index (χ0n) is 13.2. The van der Waals surface area contributed by atoms with Gasteiger partial charge in [-0.05, 0) is 62.8 Å². The van der Waals surface area contributed by atoms with Gasteiger partial charge in [-0.15, -0.1) is 0 Å². The third-order valence-corrected chi connectivity index (χ3v) is 4.75. The number of halogens is 1. The van der Waals surface area contributed by atoms with E-state index in [2.05, 4.69) is 12.2 Å². The lowest BCUT2D eigenvalue weighted by Crippen LogP contribution is -2.44. The SMILES string of the molecule is C[C@H]1C[C@@H](C(=O)N(Cc2ccc(F)cc2)CC2CC2)CCN1. The summed E-state index contributed by atoms with van der Waals surface area (Å²) in [4.78, 5) is 14.9. The summed E-state index contributed by atoms with van der Waals surface area (Å²) in [5.74, 6) is 0.861. The number of carbonyl (C=O) groups is 1. The van der Waals surface area contributed by atoms with Crippen LogP contribution in [0.15, 0.2) is 24.3 Å². The van der Waals surface area contributed by atoms with Gasteiger partial charge in [-0.25, -0.2) is 4.39 Å². The fourth-order valence-corrected chi connectivity index (χ4v) is 3.27. The molecule has 1 aromatic carbocycles. The van der Waals surface area contributed by atoms with Gasteiger partial charge >= 0.3 is 0 Å². The Balaban J connectivity index is 1.67. The minimum absolute atomic E-state index is 0.135. The summed E-state index contributed by atoms with van der Waals surface area (Å²) in [6, 6.07) is 6.93. The van der Waals surface area contributed by atoms with E-state index in [1.165, 1.54) is 25.0 Å².